The van der Waals surface area contributed by atoms with E-state index in [0.29, 0.717) is 0 Å². The van der Waals surface area contributed by atoms with Crippen molar-refractivity contribution in [2.45, 2.75) is 32.6 Å². The number of fused-ring (bicyclic) bond motifs is 3. The zero-order valence-corrected chi connectivity index (χ0v) is 29.6. The number of hydrogen-bond donors (Lipinski definition) is 0. The Bertz CT molecular complexity index is 2410. The highest BCUT2D eigenvalue weighted by atomic mass is 16.3. The largest absolute Gasteiger partial charge is 0.455 e. The molecule has 0 saturated heterocycles. The molecule has 0 saturated carbocycles. The van der Waals surface area contributed by atoms with Gasteiger partial charge in [0.1, 0.15) is 11.2 Å². The van der Waals surface area contributed by atoms with Gasteiger partial charge >= 0.3 is 0 Å². The average Bonchev–Trinajstić information content (AvgIpc) is 3.59. The molecule has 0 N–H and O–H groups in total. The van der Waals surface area contributed by atoms with E-state index in [1.54, 1.807) is 0 Å². The van der Waals surface area contributed by atoms with Gasteiger partial charge in [-0.1, -0.05) is 115 Å². The summed E-state index contributed by atoms with van der Waals surface area (Å²) in [5, 5.41) is 2.28. The van der Waals surface area contributed by atoms with E-state index in [4.69, 9.17) is 4.42 Å². The third-order valence-electron chi connectivity index (χ3n) is 9.88. The van der Waals surface area contributed by atoms with Crippen LogP contribution in [0.3, 0.4) is 0 Å². The molecule has 0 fully saturated rings. The summed E-state index contributed by atoms with van der Waals surface area (Å²) in [7, 11) is 0. The fourth-order valence-corrected chi connectivity index (χ4v) is 7.27. The summed E-state index contributed by atoms with van der Waals surface area (Å²) in [5.74, 6) is 0. The quantitative estimate of drug-likeness (QED) is 0.101. The number of furan rings is 1. The van der Waals surface area contributed by atoms with Crippen LogP contribution in [0.15, 0.2) is 198 Å². The first-order chi connectivity index (χ1) is 25.7. The maximum atomic E-state index is 6.35. The number of nitrogens with zero attached hydrogens (tertiary/aromatic N) is 2. The van der Waals surface area contributed by atoms with Gasteiger partial charge in [-0.25, -0.2) is 0 Å². The van der Waals surface area contributed by atoms with Crippen LogP contribution in [0, 0.1) is 0 Å². The Morgan fingerprint density at radius 3 is 1.92 bits per heavy atom. The number of rotatable bonds is 11. The van der Waals surface area contributed by atoms with Crippen LogP contribution in [0.4, 0.5) is 22.7 Å². The SMILES string of the molecule is C=CCC/C=C(\C)N(C1=CC=CCC1)c1ccc(-c2ccc(N(c3ccccc3)c3ccc(-c4cccc5c4oc4ccccc45)cc3)cc2)cc1. The lowest BCUT2D eigenvalue weighted by atomic mass is 10.0. The van der Waals surface area contributed by atoms with E-state index in [1.807, 2.05) is 18.2 Å². The van der Waals surface area contributed by atoms with E-state index >= 15 is 0 Å². The fraction of sp³-hybridized carbons (Fsp3) is 0.102. The van der Waals surface area contributed by atoms with Crippen LogP contribution in [0.5, 0.6) is 0 Å². The Balaban J connectivity index is 1.08. The predicted octanol–water partition coefficient (Wildman–Crippen LogP) is 14.3. The molecule has 3 nitrogen and oxygen atoms in total. The Labute approximate surface area is 306 Å². The number of anilines is 4. The number of para-hydroxylation sites is 3. The van der Waals surface area contributed by atoms with Crippen molar-refractivity contribution in [1.29, 1.82) is 0 Å². The molecule has 0 unspecified atom stereocenters. The highest BCUT2D eigenvalue weighted by Gasteiger charge is 2.17. The number of unbranched alkanes of at least 4 members (excludes halogenated alkanes) is 1. The van der Waals surface area contributed by atoms with Gasteiger partial charge in [0.05, 0.1) is 0 Å². The molecule has 7 aromatic rings. The van der Waals surface area contributed by atoms with Crippen molar-refractivity contribution in [2.75, 3.05) is 9.80 Å². The molecule has 6 aromatic carbocycles. The van der Waals surface area contributed by atoms with Crippen LogP contribution in [-0.4, -0.2) is 0 Å². The van der Waals surface area contributed by atoms with Gasteiger partial charge < -0.3 is 14.2 Å². The summed E-state index contributed by atoms with van der Waals surface area (Å²) in [4.78, 5) is 4.71. The molecule has 1 aliphatic carbocycles. The van der Waals surface area contributed by atoms with Crippen molar-refractivity contribution in [3.8, 4) is 22.3 Å². The van der Waals surface area contributed by atoms with Crippen molar-refractivity contribution in [3.05, 3.63) is 194 Å². The van der Waals surface area contributed by atoms with E-state index in [1.165, 1.54) is 28.2 Å². The van der Waals surface area contributed by atoms with Crippen molar-refractivity contribution in [3.63, 3.8) is 0 Å². The maximum Gasteiger partial charge on any atom is 0.143 e. The molecule has 52 heavy (non-hydrogen) atoms. The minimum atomic E-state index is 0.912. The minimum absolute atomic E-state index is 0.912. The van der Waals surface area contributed by atoms with Crippen molar-refractivity contribution >= 4 is 44.7 Å². The summed E-state index contributed by atoms with van der Waals surface area (Å²) in [6, 6.07) is 51.9. The monoisotopic (exact) mass is 674 g/mol. The molecule has 3 heteroatoms. The standard InChI is InChI=1S/C49H42N2O/c1-3-4-7-15-36(2)50(40-16-8-5-9-17-40)42-30-24-37(25-31-42)38-26-32-43(33-27-38)51(41-18-10-6-11-19-41)44-34-28-39(29-35-44)45-21-14-22-47-46-20-12-13-23-48(46)52-49(45)47/h3,5-6,8,10-16,18-35H,1,4,7,9,17H2,2H3/b36-15+. The molecule has 0 spiro atoms. The Hall–Kier alpha value is -6.32. The van der Waals surface area contributed by atoms with E-state index in [2.05, 4.69) is 181 Å². The zero-order chi connectivity index (χ0) is 35.3. The van der Waals surface area contributed by atoms with Gasteiger partial charge in [0, 0.05) is 50.5 Å². The van der Waals surface area contributed by atoms with E-state index in [9.17, 15) is 0 Å². The molecule has 1 aromatic heterocycles. The maximum absolute atomic E-state index is 6.35. The lowest BCUT2D eigenvalue weighted by molar-refractivity contribution is 0.670. The van der Waals surface area contributed by atoms with Gasteiger partial charge in [-0.15, -0.1) is 6.58 Å². The van der Waals surface area contributed by atoms with E-state index in [0.717, 1.165) is 75.8 Å². The summed E-state index contributed by atoms with van der Waals surface area (Å²) in [6.07, 6.45) is 15.0. The zero-order valence-electron chi connectivity index (χ0n) is 29.6. The van der Waals surface area contributed by atoms with Crippen molar-refractivity contribution in [2.24, 2.45) is 0 Å². The molecule has 0 amide bonds. The van der Waals surface area contributed by atoms with Crippen LogP contribution in [0.25, 0.3) is 44.2 Å². The Morgan fingerprint density at radius 1 is 0.635 bits per heavy atom. The molecule has 0 bridgehead atoms. The Kier molecular flexibility index (Phi) is 9.41. The first kappa shape index (κ1) is 32.9. The van der Waals surface area contributed by atoms with Gasteiger partial charge in [0.2, 0.25) is 0 Å². The topological polar surface area (TPSA) is 19.6 Å². The molecule has 1 heterocycles. The van der Waals surface area contributed by atoms with Crippen molar-refractivity contribution < 1.29 is 4.42 Å². The summed E-state index contributed by atoms with van der Waals surface area (Å²) in [5.41, 5.74) is 13.5. The highest BCUT2D eigenvalue weighted by molar-refractivity contribution is 6.09. The summed E-state index contributed by atoms with van der Waals surface area (Å²) in [6.45, 7) is 6.10. The van der Waals surface area contributed by atoms with Crippen LogP contribution in [0.2, 0.25) is 0 Å². The molecule has 0 radical (unpaired) electrons. The van der Waals surface area contributed by atoms with Crippen molar-refractivity contribution in [1.82, 2.24) is 0 Å². The lowest BCUT2D eigenvalue weighted by Crippen LogP contribution is -2.21. The normalized spacial score (nSPS) is 12.9. The molecular weight excluding hydrogens is 633 g/mol. The molecule has 1 aliphatic rings. The van der Waals surface area contributed by atoms with Crippen LogP contribution < -0.4 is 9.80 Å². The van der Waals surface area contributed by atoms with Gasteiger partial charge in [0.25, 0.3) is 0 Å². The third kappa shape index (κ3) is 6.61. The van der Waals surface area contributed by atoms with E-state index < -0.39 is 0 Å². The second-order valence-corrected chi connectivity index (χ2v) is 13.3. The number of benzene rings is 6. The fourth-order valence-electron chi connectivity index (χ4n) is 7.27. The molecular formula is C49H42N2O. The molecule has 0 atom stereocenters. The van der Waals surface area contributed by atoms with Gasteiger partial charge in [0.15, 0.2) is 0 Å². The van der Waals surface area contributed by atoms with Gasteiger partial charge in [-0.3, -0.25) is 0 Å². The number of hydrogen-bond acceptors (Lipinski definition) is 3. The number of allylic oxidation sites excluding steroid dienone is 7. The van der Waals surface area contributed by atoms with E-state index in [-0.39, 0.29) is 0 Å². The van der Waals surface area contributed by atoms with Gasteiger partial charge in [-0.2, -0.15) is 0 Å². The smallest absolute Gasteiger partial charge is 0.143 e. The second kappa shape index (κ2) is 14.9. The minimum Gasteiger partial charge on any atom is -0.455 e. The first-order valence-corrected chi connectivity index (χ1v) is 18.2. The molecule has 8 rings (SSSR count). The van der Waals surface area contributed by atoms with Crippen LogP contribution in [0.1, 0.15) is 32.6 Å². The molecule has 0 aliphatic heterocycles. The average molecular weight is 675 g/mol. The third-order valence-corrected chi connectivity index (χ3v) is 9.88. The molecule has 254 valence electrons. The Morgan fingerprint density at radius 2 is 1.25 bits per heavy atom. The lowest BCUT2D eigenvalue weighted by Gasteiger charge is -2.29. The van der Waals surface area contributed by atoms with Crippen LogP contribution >= 0.6 is 0 Å². The highest BCUT2D eigenvalue weighted by Crippen LogP contribution is 2.39. The predicted molar refractivity (Wildman–Crippen MR) is 221 cm³/mol. The van der Waals surface area contributed by atoms with Crippen LogP contribution in [-0.2, 0) is 0 Å². The first-order valence-electron chi connectivity index (χ1n) is 18.2. The summed E-state index contributed by atoms with van der Waals surface area (Å²) < 4.78 is 6.35. The summed E-state index contributed by atoms with van der Waals surface area (Å²) >= 11 is 0. The van der Waals surface area contributed by atoms with Gasteiger partial charge in [-0.05, 0) is 110 Å². The second-order valence-electron chi connectivity index (χ2n) is 13.3.